The zero-order valence-electron chi connectivity index (χ0n) is 12.4. The fourth-order valence-corrected chi connectivity index (χ4v) is 2.26. The Kier molecular flexibility index (Phi) is 7.26. The van der Waals surface area contributed by atoms with Gasteiger partial charge in [-0.25, -0.2) is 4.79 Å². The molecule has 4 heteroatoms. The minimum atomic E-state index is -1.08. The largest absolute Gasteiger partial charge is 0.480 e. The molecule has 1 atom stereocenters. The maximum Gasteiger partial charge on any atom is 0.328 e. The summed E-state index contributed by atoms with van der Waals surface area (Å²) >= 11 is 0. The number of benzene rings is 1. The van der Waals surface area contributed by atoms with Crippen molar-refractivity contribution in [2.75, 3.05) is 20.3 Å². The van der Waals surface area contributed by atoms with Gasteiger partial charge in [-0.05, 0) is 19.0 Å². The molecule has 1 unspecified atom stereocenters. The van der Waals surface area contributed by atoms with Crippen LogP contribution in [0.15, 0.2) is 30.3 Å². The van der Waals surface area contributed by atoms with E-state index in [0.29, 0.717) is 19.6 Å². The lowest BCUT2D eigenvalue weighted by Gasteiger charge is -2.29. The van der Waals surface area contributed by atoms with Gasteiger partial charge in [-0.3, -0.25) is 0 Å². The standard InChI is InChI=1S/C16H25NO3/c1-3-4-8-12-20-13-11-16(17-2,15(18)19)14-9-6-5-7-10-14/h5-7,9-10,17H,3-4,8,11-13H2,1-2H3,(H,18,19). The first-order valence-electron chi connectivity index (χ1n) is 7.23. The van der Waals surface area contributed by atoms with Gasteiger partial charge in [0.15, 0.2) is 0 Å². The van der Waals surface area contributed by atoms with Gasteiger partial charge < -0.3 is 15.2 Å². The maximum atomic E-state index is 11.7. The monoisotopic (exact) mass is 279 g/mol. The molecule has 0 fully saturated rings. The van der Waals surface area contributed by atoms with Crippen LogP contribution in [0, 0.1) is 0 Å². The van der Waals surface area contributed by atoms with Crippen LogP contribution in [0.2, 0.25) is 0 Å². The van der Waals surface area contributed by atoms with Crippen molar-refractivity contribution in [3.63, 3.8) is 0 Å². The summed E-state index contributed by atoms with van der Waals surface area (Å²) in [6, 6.07) is 9.26. The van der Waals surface area contributed by atoms with Crippen molar-refractivity contribution >= 4 is 5.97 Å². The van der Waals surface area contributed by atoms with Crippen LogP contribution >= 0.6 is 0 Å². The Hall–Kier alpha value is -1.39. The summed E-state index contributed by atoms with van der Waals surface area (Å²) in [4.78, 5) is 11.7. The topological polar surface area (TPSA) is 58.6 Å². The molecular weight excluding hydrogens is 254 g/mol. The molecule has 0 spiro atoms. The van der Waals surface area contributed by atoms with Crippen molar-refractivity contribution in [2.24, 2.45) is 0 Å². The van der Waals surface area contributed by atoms with E-state index in [1.165, 1.54) is 0 Å². The van der Waals surface area contributed by atoms with Crippen molar-refractivity contribution in [3.8, 4) is 0 Å². The molecule has 1 aromatic carbocycles. The van der Waals surface area contributed by atoms with Gasteiger partial charge in [-0.15, -0.1) is 0 Å². The van der Waals surface area contributed by atoms with Gasteiger partial charge in [0.25, 0.3) is 0 Å². The van der Waals surface area contributed by atoms with Crippen molar-refractivity contribution < 1.29 is 14.6 Å². The molecule has 0 amide bonds. The number of nitrogens with one attached hydrogen (secondary N) is 1. The third-order valence-corrected chi connectivity index (χ3v) is 3.57. The number of likely N-dealkylation sites (N-methyl/N-ethyl adjacent to an activating group) is 1. The Morgan fingerprint density at radius 2 is 1.95 bits per heavy atom. The fourth-order valence-electron chi connectivity index (χ4n) is 2.26. The molecule has 112 valence electrons. The van der Waals surface area contributed by atoms with E-state index in [-0.39, 0.29) is 0 Å². The van der Waals surface area contributed by atoms with Crippen molar-refractivity contribution in [1.82, 2.24) is 5.32 Å². The third-order valence-electron chi connectivity index (χ3n) is 3.57. The highest BCUT2D eigenvalue weighted by atomic mass is 16.5. The lowest BCUT2D eigenvalue weighted by Crippen LogP contribution is -2.48. The molecule has 0 heterocycles. The summed E-state index contributed by atoms with van der Waals surface area (Å²) in [5.74, 6) is -0.872. The smallest absolute Gasteiger partial charge is 0.328 e. The minimum absolute atomic E-state index is 0.412. The van der Waals surface area contributed by atoms with Crippen molar-refractivity contribution in [1.29, 1.82) is 0 Å². The van der Waals surface area contributed by atoms with Crippen LogP contribution in [0.4, 0.5) is 0 Å². The predicted molar refractivity (Wildman–Crippen MR) is 79.8 cm³/mol. The first kappa shape index (κ1) is 16.7. The Labute approximate surface area is 121 Å². The number of hydrogen-bond donors (Lipinski definition) is 2. The molecule has 0 aliphatic rings. The maximum absolute atomic E-state index is 11.7. The lowest BCUT2D eigenvalue weighted by molar-refractivity contribution is -0.146. The summed E-state index contributed by atoms with van der Waals surface area (Å²) in [6.07, 6.45) is 3.74. The normalized spacial score (nSPS) is 13.9. The zero-order valence-corrected chi connectivity index (χ0v) is 12.4. The van der Waals surface area contributed by atoms with E-state index in [4.69, 9.17) is 4.74 Å². The van der Waals surface area contributed by atoms with Gasteiger partial charge in [0.05, 0.1) is 0 Å². The van der Waals surface area contributed by atoms with E-state index in [1.54, 1.807) is 7.05 Å². The highest BCUT2D eigenvalue weighted by Crippen LogP contribution is 2.25. The van der Waals surface area contributed by atoms with Crippen LogP contribution in [0.5, 0.6) is 0 Å². The van der Waals surface area contributed by atoms with Crippen LogP contribution < -0.4 is 5.32 Å². The highest BCUT2D eigenvalue weighted by molar-refractivity contribution is 5.80. The second-order valence-electron chi connectivity index (χ2n) is 4.90. The molecule has 0 aliphatic carbocycles. The molecule has 4 nitrogen and oxygen atoms in total. The molecular formula is C16H25NO3. The van der Waals surface area contributed by atoms with Crippen LogP contribution in [0.1, 0.15) is 38.2 Å². The van der Waals surface area contributed by atoms with Crippen molar-refractivity contribution in [2.45, 2.75) is 38.1 Å². The minimum Gasteiger partial charge on any atom is -0.480 e. The number of aliphatic carboxylic acids is 1. The lowest BCUT2D eigenvalue weighted by atomic mass is 9.87. The SMILES string of the molecule is CCCCCOCCC(NC)(C(=O)O)c1ccccc1. The Morgan fingerprint density at radius 3 is 2.50 bits per heavy atom. The second-order valence-corrected chi connectivity index (χ2v) is 4.90. The van der Waals surface area contributed by atoms with Crippen molar-refractivity contribution in [3.05, 3.63) is 35.9 Å². The number of unbranched alkanes of at least 4 members (excludes halogenated alkanes) is 2. The predicted octanol–water partition coefficient (Wildman–Crippen LogP) is 2.78. The zero-order chi connectivity index (χ0) is 14.8. The summed E-state index contributed by atoms with van der Waals surface area (Å²) in [7, 11) is 1.68. The van der Waals surface area contributed by atoms with Gasteiger partial charge in [0, 0.05) is 19.6 Å². The average Bonchev–Trinajstić information content (AvgIpc) is 2.47. The van der Waals surface area contributed by atoms with Crippen LogP contribution in [-0.2, 0) is 15.1 Å². The molecule has 0 bridgehead atoms. The molecule has 0 radical (unpaired) electrons. The van der Waals surface area contributed by atoms with Gasteiger partial charge in [0.2, 0.25) is 0 Å². The van der Waals surface area contributed by atoms with Gasteiger partial charge in [0.1, 0.15) is 5.54 Å². The van der Waals surface area contributed by atoms with Crippen LogP contribution in [0.3, 0.4) is 0 Å². The Balaban J connectivity index is 2.64. The molecule has 1 rings (SSSR count). The average molecular weight is 279 g/mol. The Bertz CT molecular complexity index is 394. The summed E-state index contributed by atoms with van der Waals surface area (Å²) < 4.78 is 5.56. The van der Waals surface area contributed by atoms with E-state index in [1.807, 2.05) is 30.3 Å². The van der Waals surface area contributed by atoms with Gasteiger partial charge in [-0.1, -0.05) is 50.1 Å². The van der Waals surface area contributed by atoms with E-state index in [0.717, 1.165) is 24.8 Å². The number of rotatable bonds is 10. The first-order chi connectivity index (χ1) is 9.67. The fraction of sp³-hybridized carbons (Fsp3) is 0.562. The quantitative estimate of drug-likeness (QED) is 0.647. The number of hydrogen-bond acceptors (Lipinski definition) is 3. The highest BCUT2D eigenvalue weighted by Gasteiger charge is 2.38. The number of carboxylic acid groups (broad SMARTS) is 1. The van der Waals surface area contributed by atoms with Crippen LogP contribution in [0.25, 0.3) is 0 Å². The summed E-state index contributed by atoms with van der Waals surface area (Å²) in [5, 5.41) is 12.6. The van der Waals surface area contributed by atoms with E-state index in [9.17, 15) is 9.90 Å². The molecule has 20 heavy (non-hydrogen) atoms. The molecule has 1 aromatic rings. The van der Waals surface area contributed by atoms with Gasteiger partial charge >= 0.3 is 5.97 Å². The molecule has 0 saturated heterocycles. The van der Waals surface area contributed by atoms with E-state index in [2.05, 4.69) is 12.2 Å². The van der Waals surface area contributed by atoms with E-state index < -0.39 is 11.5 Å². The second kappa shape index (κ2) is 8.72. The summed E-state index contributed by atoms with van der Waals surface area (Å²) in [5.41, 5.74) is -0.321. The Morgan fingerprint density at radius 1 is 1.25 bits per heavy atom. The molecule has 0 aliphatic heterocycles. The summed E-state index contributed by atoms with van der Waals surface area (Å²) in [6.45, 7) is 3.28. The molecule has 2 N–H and O–H groups in total. The van der Waals surface area contributed by atoms with Gasteiger partial charge in [-0.2, -0.15) is 0 Å². The number of carboxylic acids is 1. The molecule has 0 aromatic heterocycles. The number of ether oxygens (including phenoxy) is 1. The first-order valence-corrected chi connectivity index (χ1v) is 7.23. The van der Waals surface area contributed by atoms with E-state index >= 15 is 0 Å². The molecule has 0 saturated carbocycles. The number of carbonyl (C=O) groups is 1. The third kappa shape index (κ3) is 4.32. The van der Waals surface area contributed by atoms with Crippen LogP contribution in [-0.4, -0.2) is 31.3 Å².